The number of aromatic nitrogens is 2. The van der Waals surface area contributed by atoms with Gasteiger partial charge in [-0.3, -0.25) is 4.90 Å². The molecule has 0 aliphatic carbocycles. The van der Waals surface area contributed by atoms with Crippen molar-refractivity contribution in [1.29, 1.82) is 0 Å². The van der Waals surface area contributed by atoms with Gasteiger partial charge in [0.1, 0.15) is 5.65 Å². The maximum Gasteiger partial charge on any atom is 0.139 e. The maximum absolute atomic E-state index is 4.56. The van der Waals surface area contributed by atoms with E-state index in [1.54, 1.807) is 0 Å². The van der Waals surface area contributed by atoms with Gasteiger partial charge in [-0.15, -0.1) is 0 Å². The third-order valence-electron chi connectivity index (χ3n) is 4.13. The van der Waals surface area contributed by atoms with E-state index in [0.29, 0.717) is 6.04 Å². The van der Waals surface area contributed by atoms with Crippen LogP contribution in [0.3, 0.4) is 0 Å². The third-order valence-corrected chi connectivity index (χ3v) is 4.57. The number of pyridine rings is 1. The minimum absolute atomic E-state index is 0.622. The number of nitrogens with one attached hydrogen (secondary N) is 1. The van der Waals surface area contributed by atoms with Crippen LogP contribution >= 0.6 is 15.9 Å². The maximum atomic E-state index is 4.56. The first kappa shape index (κ1) is 14.0. The van der Waals surface area contributed by atoms with Gasteiger partial charge in [0.25, 0.3) is 0 Å². The van der Waals surface area contributed by atoms with E-state index in [4.69, 9.17) is 0 Å². The molecule has 0 saturated carbocycles. The molecule has 0 spiro atoms. The topological polar surface area (TPSA) is 32.6 Å². The highest BCUT2D eigenvalue weighted by atomic mass is 79.9. The van der Waals surface area contributed by atoms with E-state index in [0.717, 1.165) is 23.2 Å². The number of fused-ring (bicyclic) bond motifs is 1. The van der Waals surface area contributed by atoms with Gasteiger partial charge in [-0.1, -0.05) is 0 Å². The predicted octanol–water partition coefficient (Wildman–Crippen LogP) is 2.59. The first-order valence-corrected chi connectivity index (χ1v) is 7.98. The fourth-order valence-corrected chi connectivity index (χ4v) is 3.59. The van der Waals surface area contributed by atoms with E-state index in [9.17, 15) is 0 Å². The number of rotatable bonds is 3. The molecule has 3 rings (SSSR count). The second-order valence-electron chi connectivity index (χ2n) is 5.65. The van der Waals surface area contributed by atoms with Crippen molar-refractivity contribution in [2.45, 2.75) is 32.4 Å². The number of halogens is 1. The zero-order chi connectivity index (χ0) is 14.1. The Kier molecular flexibility index (Phi) is 4.10. The third kappa shape index (κ3) is 2.75. The summed E-state index contributed by atoms with van der Waals surface area (Å²) >= 11 is 3.58. The molecule has 0 aromatic carbocycles. The van der Waals surface area contributed by atoms with Crippen LogP contribution in [0.4, 0.5) is 0 Å². The molecule has 4 nitrogen and oxygen atoms in total. The molecule has 0 amide bonds. The van der Waals surface area contributed by atoms with E-state index in [-0.39, 0.29) is 0 Å². The molecule has 0 bridgehead atoms. The number of likely N-dealkylation sites (tertiary alicyclic amines) is 1. The van der Waals surface area contributed by atoms with Gasteiger partial charge in [0.05, 0.1) is 11.9 Å². The lowest BCUT2D eigenvalue weighted by Gasteiger charge is -2.32. The van der Waals surface area contributed by atoms with E-state index in [1.165, 1.54) is 30.6 Å². The van der Waals surface area contributed by atoms with Crippen molar-refractivity contribution in [3.63, 3.8) is 0 Å². The lowest BCUT2D eigenvalue weighted by molar-refractivity contribution is 0.185. The Balaban J connectivity index is 1.84. The van der Waals surface area contributed by atoms with Crippen molar-refractivity contribution < 1.29 is 0 Å². The monoisotopic (exact) mass is 336 g/mol. The molecule has 1 unspecified atom stereocenters. The molecule has 1 saturated heterocycles. The number of aryl methyl sites for hydroxylation is 1. The van der Waals surface area contributed by atoms with Crippen LogP contribution < -0.4 is 5.32 Å². The van der Waals surface area contributed by atoms with Crippen LogP contribution in [0.1, 0.15) is 24.1 Å². The summed E-state index contributed by atoms with van der Waals surface area (Å²) < 4.78 is 3.32. The normalized spacial score (nSPS) is 20.6. The fourth-order valence-electron chi connectivity index (χ4n) is 3.04. The average Bonchev–Trinajstić information content (AvgIpc) is 2.82. The second kappa shape index (κ2) is 5.84. The highest BCUT2D eigenvalue weighted by Gasteiger charge is 2.19. The molecule has 3 heterocycles. The largest absolute Gasteiger partial charge is 0.316 e. The van der Waals surface area contributed by atoms with Gasteiger partial charge in [0.15, 0.2) is 0 Å². The van der Waals surface area contributed by atoms with Crippen molar-refractivity contribution in [2.24, 2.45) is 0 Å². The lowest BCUT2D eigenvalue weighted by atomic mass is 10.1. The van der Waals surface area contributed by atoms with Crippen LogP contribution in [0.2, 0.25) is 0 Å². The van der Waals surface area contributed by atoms with Gasteiger partial charge in [0.2, 0.25) is 0 Å². The molecule has 0 radical (unpaired) electrons. The van der Waals surface area contributed by atoms with Crippen molar-refractivity contribution in [2.75, 3.05) is 20.1 Å². The zero-order valence-electron chi connectivity index (χ0n) is 12.1. The van der Waals surface area contributed by atoms with Gasteiger partial charge >= 0.3 is 0 Å². The number of piperidine rings is 1. The summed E-state index contributed by atoms with van der Waals surface area (Å²) in [4.78, 5) is 7.08. The molecule has 5 heteroatoms. The Labute approximate surface area is 128 Å². The highest BCUT2D eigenvalue weighted by molar-refractivity contribution is 9.10. The van der Waals surface area contributed by atoms with Crippen LogP contribution in [0, 0.1) is 6.92 Å². The zero-order valence-corrected chi connectivity index (χ0v) is 13.7. The van der Waals surface area contributed by atoms with Gasteiger partial charge in [-0.05, 0) is 60.9 Å². The van der Waals surface area contributed by atoms with Crippen LogP contribution in [-0.4, -0.2) is 40.5 Å². The van der Waals surface area contributed by atoms with E-state index < -0.39 is 0 Å². The quantitative estimate of drug-likeness (QED) is 0.935. The molecule has 2 aromatic heterocycles. The Morgan fingerprint density at radius 1 is 1.50 bits per heavy atom. The number of nitrogens with zero attached hydrogens (tertiary/aromatic N) is 3. The number of imidazole rings is 1. The molecular weight excluding hydrogens is 316 g/mol. The number of hydrogen-bond acceptors (Lipinski definition) is 3. The van der Waals surface area contributed by atoms with Crippen LogP contribution in [0.25, 0.3) is 5.65 Å². The smallest absolute Gasteiger partial charge is 0.139 e. The van der Waals surface area contributed by atoms with Gasteiger partial charge < -0.3 is 9.72 Å². The fraction of sp³-hybridized carbons (Fsp3) is 0.533. The minimum atomic E-state index is 0.622. The SMILES string of the molecule is CNC1CCCN(Cc2cnc3c(C)cc(Br)cn23)C1. The van der Waals surface area contributed by atoms with Crippen molar-refractivity contribution >= 4 is 21.6 Å². The summed E-state index contributed by atoms with van der Waals surface area (Å²) in [6.07, 6.45) is 6.68. The number of hydrogen-bond donors (Lipinski definition) is 1. The summed E-state index contributed by atoms with van der Waals surface area (Å²) in [7, 11) is 2.06. The van der Waals surface area contributed by atoms with E-state index in [2.05, 4.69) is 61.8 Å². The van der Waals surface area contributed by atoms with Gasteiger partial charge in [-0.2, -0.15) is 0 Å². The second-order valence-corrected chi connectivity index (χ2v) is 6.56. The number of likely N-dealkylation sites (N-methyl/N-ethyl adjacent to an activating group) is 1. The Morgan fingerprint density at radius 3 is 3.15 bits per heavy atom. The lowest BCUT2D eigenvalue weighted by Crippen LogP contribution is -2.44. The molecule has 108 valence electrons. The van der Waals surface area contributed by atoms with Crippen molar-refractivity contribution in [3.8, 4) is 0 Å². The Bertz CT molecular complexity index is 607. The molecule has 1 aliphatic rings. The molecule has 1 fully saturated rings. The summed E-state index contributed by atoms with van der Waals surface area (Å²) in [5.74, 6) is 0. The van der Waals surface area contributed by atoms with Gasteiger partial charge in [0, 0.05) is 29.8 Å². The molecule has 20 heavy (non-hydrogen) atoms. The highest BCUT2D eigenvalue weighted by Crippen LogP contribution is 2.20. The Hall–Kier alpha value is -0.910. The summed E-state index contributed by atoms with van der Waals surface area (Å²) in [6.45, 7) is 5.37. The average molecular weight is 337 g/mol. The molecule has 1 aliphatic heterocycles. The van der Waals surface area contributed by atoms with Crippen molar-refractivity contribution in [1.82, 2.24) is 19.6 Å². The molecule has 1 atom stereocenters. The molecule has 1 N–H and O–H groups in total. The van der Waals surface area contributed by atoms with Crippen molar-refractivity contribution in [3.05, 3.63) is 34.2 Å². The van der Waals surface area contributed by atoms with E-state index in [1.807, 2.05) is 6.20 Å². The summed E-state index contributed by atoms with van der Waals surface area (Å²) in [5, 5.41) is 3.40. The van der Waals surface area contributed by atoms with E-state index >= 15 is 0 Å². The summed E-state index contributed by atoms with van der Waals surface area (Å²) in [6, 6.07) is 2.74. The van der Waals surface area contributed by atoms with Crippen LogP contribution in [0.5, 0.6) is 0 Å². The molecule has 2 aromatic rings. The summed E-state index contributed by atoms with van der Waals surface area (Å²) in [5.41, 5.74) is 3.53. The Morgan fingerprint density at radius 2 is 2.35 bits per heavy atom. The van der Waals surface area contributed by atoms with Gasteiger partial charge in [-0.25, -0.2) is 4.98 Å². The van der Waals surface area contributed by atoms with Crippen LogP contribution in [0.15, 0.2) is 22.9 Å². The standard InChI is InChI=1S/C15H21BrN4/c1-11-6-12(16)8-20-14(7-18-15(11)20)10-19-5-3-4-13(9-19)17-2/h6-8,13,17H,3-5,9-10H2,1-2H3. The molecular formula is C15H21BrN4. The van der Waals surface area contributed by atoms with Crippen LogP contribution in [-0.2, 0) is 6.54 Å². The first-order valence-electron chi connectivity index (χ1n) is 7.19. The predicted molar refractivity (Wildman–Crippen MR) is 85.0 cm³/mol. The minimum Gasteiger partial charge on any atom is -0.316 e. The first-order chi connectivity index (χ1) is 9.67.